The summed E-state index contributed by atoms with van der Waals surface area (Å²) < 4.78 is 19.9. The minimum absolute atomic E-state index is 0.121. The molecular formula is C19H10BrClFN3O2. The summed E-state index contributed by atoms with van der Waals surface area (Å²) in [6, 6.07) is 12.5. The Hall–Kier alpha value is -2.77. The number of anilines is 1. The van der Waals surface area contributed by atoms with E-state index in [4.69, 9.17) is 16.0 Å². The van der Waals surface area contributed by atoms with Crippen LogP contribution >= 0.6 is 27.5 Å². The highest BCUT2D eigenvalue weighted by Gasteiger charge is 2.15. The number of carbonyl (C=O) groups is 1. The number of oxazole rings is 1. The molecule has 1 amide bonds. The second-order valence-electron chi connectivity index (χ2n) is 5.62. The topological polar surface area (TPSA) is 68.0 Å². The zero-order chi connectivity index (χ0) is 19.0. The number of aromatic nitrogens is 2. The van der Waals surface area contributed by atoms with Gasteiger partial charge in [0.1, 0.15) is 16.5 Å². The van der Waals surface area contributed by atoms with Crippen LogP contribution in [0.5, 0.6) is 0 Å². The van der Waals surface area contributed by atoms with E-state index in [0.717, 1.165) is 0 Å². The Labute approximate surface area is 166 Å². The van der Waals surface area contributed by atoms with Gasteiger partial charge in [-0.3, -0.25) is 4.79 Å². The van der Waals surface area contributed by atoms with Gasteiger partial charge in [-0.05, 0) is 64.5 Å². The quantitative estimate of drug-likeness (QED) is 0.410. The molecule has 1 N–H and O–H groups in total. The van der Waals surface area contributed by atoms with Gasteiger partial charge < -0.3 is 9.73 Å². The molecule has 0 aliphatic rings. The van der Waals surface area contributed by atoms with Gasteiger partial charge in [-0.15, -0.1) is 0 Å². The third kappa shape index (κ3) is 3.56. The van der Waals surface area contributed by atoms with Crippen molar-refractivity contribution < 1.29 is 13.6 Å². The third-order valence-corrected chi connectivity index (χ3v) is 4.80. The number of nitrogens with zero attached hydrogens (tertiary/aromatic N) is 2. The number of fused-ring (bicyclic) bond motifs is 1. The predicted octanol–water partition coefficient (Wildman–Crippen LogP) is 5.70. The van der Waals surface area contributed by atoms with E-state index in [1.165, 1.54) is 18.3 Å². The van der Waals surface area contributed by atoms with E-state index in [1.54, 1.807) is 36.4 Å². The van der Waals surface area contributed by atoms with Crippen LogP contribution in [0.3, 0.4) is 0 Å². The SMILES string of the molecule is O=C(Nc1ccc2oc(-c3cc(F)ccc3Br)nc2c1)c1cccnc1Cl. The number of hydrogen-bond acceptors (Lipinski definition) is 4. The van der Waals surface area contributed by atoms with Crippen molar-refractivity contribution in [2.45, 2.75) is 0 Å². The van der Waals surface area contributed by atoms with E-state index in [1.807, 2.05) is 0 Å². The van der Waals surface area contributed by atoms with Gasteiger partial charge in [-0.25, -0.2) is 14.4 Å². The lowest BCUT2D eigenvalue weighted by molar-refractivity contribution is 0.102. The Morgan fingerprint density at radius 1 is 1.19 bits per heavy atom. The number of nitrogens with one attached hydrogen (secondary N) is 1. The van der Waals surface area contributed by atoms with Crippen molar-refractivity contribution in [1.82, 2.24) is 9.97 Å². The van der Waals surface area contributed by atoms with Gasteiger partial charge in [0.25, 0.3) is 5.91 Å². The highest BCUT2D eigenvalue weighted by molar-refractivity contribution is 9.10. The summed E-state index contributed by atoms with van der Waals surface area (Å²) in [5.41, 5.74) is 2.32. The van der Waals surface area contributed by atoms with Crippen LogP contribution in [-0.2, 0) is 0 Å². The molecule has 0 atom stereocenters. The first kappa shape index (κ1) is 17.6. The second kappa shape index (κ2) is 7.09. The number of rotatable bonds is 3. The fourth-order valence-corrected chi connectivity index (χ4v) is 3.16. The molecule has 27 heavy (non-hydrogen) atoms. The van der Waals surface area contributed by atoms with Crippen LogP contribution in [0.4, 0.5) is 10.1 Å². The van der Waals surface area contributed by atoms with Gasteiger partial charge in [-0.2, -0.15) is 0 Å². The monoisotopic (exact) mass is 445 g/mol. The molecular weight excluding hydrogens is 437 g/mol. The van der Waals surface area contributed by atoms with E-state index in [-0.39, 0.29) is 22.5 Å². The maximum atomic E-state index is 13.5. The Morgan fingerprint density at radius 2 is 2.04 bits per heavy atom. The summed E-state index contributed by atoms with van der Waals surface area (Å²) in [6.45, 7) is 0. The maximum absolute atomic E-state index is 13.5. The lowest BCUT2D eigenvalue weighted by atomic mass is 10.2. The van der Waals surface area contributed by atoms with Gasteiger partial charge in [-0.1, -0.05) is 11.6 Å². The molecule has 0 fully saturated rings. The van der Waals surface area contributed by atoms with Crippen LogP contribution in [0, 0.1) is 5.82 Å². The number of amides is 1. The Bertz CT molecular complexity index is 1180. The third-order valence-electron chi connectivity index (χ3n) is 3.81. The summed E-state index contributed by atoms with van der Waals surface area (Å²) in [6.07, 6.45) is 1.51. The minimum atomic E-state index is -0.392. The molecule has 4 rings (SSSR count). The molecule has 2 aromatic carbocycles. The molecule has 8 heteroatoms. The van der Waals surface area contributed by atoms with Crippen molar-refractivity contribution >= 4 is 50.2 Å². The molecule has 2 aromatic heterocycles. The minimum Gasteiger partial charge on any atom is -0.436 e. The van der Waals surface area contributed by atoms with Crippen LogP contribution < -0.4 is 5.32 Å². The van der Waals surface area contributed by atoms with E-state index >= 15 is 0 Å². The van der Waals surface area contributed by atoms with E-state index in [9.17, 15) is 9.18 Å². The second-order valence-corrected chi connectivity index (χ2v) is 6.83. The molecule has 0 saturated carbocycles. The summed E-state index contributed by atoms with van der Waals surface area (Å²) in [7, 11) is 0. The predicted molar refractivity (Wildman–Crippen MR) is 104 cm³/mol. The van der Waals surface area contributed by atoms with Gasteiger partial charge >= 0.3 is 0 Å². The van der Waals surface area contributed by atoms with Crippen LogP contribution in [0.25, 0.3) is 22.6 Å². The maximum Gasteiger partial charge on any atom is 0.258 e. The first-order valence-corrected chi connectivity index (χ1v) is 8.96. The molecule has 0 aliphatic carbocycles. The van der Waals surface area contributed by atoms with Gasteiger partial charge in [0, 0.05) is 16.4 Å². The summed E-state index contributed by atoms with van der Waals surface area (Å²) in [4.78, 5) is 20.6. The first-order chi connectivity index (χ1) is 13.0. The molecule has 0 saturated heterocycles. The van der Waals surface area contributed by atoms with Gasteiger partial charge in [0.2, 0.25) is 5.89 Å². The van der Waals surface area contributed by atoms with Crippen molar-refractivity contribution in [3.8, 4) is 11.5 Å². The normalized spacial score (nSPS) is 10.9. The molecule has 134 valence electrons. The zero-order valence-corrected chi connectivity index (χ0v) is 15.9. The van der Waals surface area contributed by atoms with Gasteiger partial charge in [0.15, 0.2) is 5.58 Å². The average molecular weight is 447 g/mol. The van der Waals surface area contributed by atoms with Crippen LogP contribution in [0.2, 0.25) is 5.15 Å². The summed E-state index contributed by atoms with van der Waals surface area (Å²) in [5.74, 6) is -0.504. The number of carbonyl (C=O) groups excluding carboxylic acids is 1. The fourth-order valence-electron chi connectivity index (χ4n) is 2.54. The Morgan fingerprint density at radius 3 is 2.85 bits per heavy atom. The molecule has 0 bridgehead atoms. The van der Waals surface area contributed by atoms with Crippen molar-refractivity contribution in [3.05, 3.63) is 75.7 Å². The number of pyridine rings is 1. The highest BCUT2D eigenvalue weighted by atomic mass is 79.9. The molecule has 5 nitrogen and oxygen atoms in total. The number of benzene rings is 2. The standard InChI is InChI=1S/C19H10BrClFN3O2/c20-14-5-3-10(22)8-13(14)19-25-15-9-11(4-6-16(15)27-19)24-18(26)12-2-1-7-23-17(12)21/h1-9H,(H,24,26). The van der Waals surface area contributed by atoms with Crippen molar-refractivity contribution in [3.63, 3.8) is 0 Å². The lowest BCUT2D eigenvalue weighted by Crippen LogP contribution is -2.12. The van der Waals surface area contributed by atoms with E-state index in [0.29, 0.717) is 26.8 Å². The summed E-state index contributed by atoms with van der Waals surface area (Å²) >= 11 is 9.31. The molecule has 0 radical (unpaired) electrons. The number of hydrogen-bond donors (Lipinski definition) is 1. The van der Waals surface area contributed by atoms with Crippen molar-refractivity contribution in [2.75, 3.05) is 5.32 Å². The average Bonchev–Trinajstić information content (AvgIpc) is 3.07. The van der Waals surface area contributed by atoms with E-state index in [2.05, 4.69) is 31.2 Å². The zero-order valence-electron chi connectivity index (χ0n) is 13.5. The lowest BCUT2D eigenvalue weighted by Gasteiger charge is -2.05. The molecule has 4 aromatic rings. The Kier molecular flexibility index (Phi) is 4.63. The van der Waals surface area contributed by atoms with Crippen LogP contribution in [0.1, 0.15) is 10.4 Å². The Balaban J connectivity index is 1.66. The van der Waals surface area contributed by atoms with Crippen LogP contribution in [-0.4, -0.2) is 15.9 Å². The van der Waals surface area contributed by atoms with Crippen LogP contribution in [0.15, 0.2) is 63.6 Å². The first-order valence-electron chi connectivity index (χ1n) is 7.79. The molecule has 0 spiro atoms. The number of halogens is 3. The van der Waals surface area contributed by atoms with E-state index < -0.39 is 5.82 Å². The summed E-state index contributed by atoms with van der Waals surface area (Å²) in [5, 5.41) is 2.87. The van der Waals surface area contributed by atoms with Crippen molar-refractivity contribution in [2.24, 2.45) is 0 Å². The molecule has 0 unspecified atom stereocenters. The smallest absolute Gasteiger partial charge is 0.258 e. The van der Waals surface area contributed by atoms with Gasteiger partial charge in [0.05, 0.1) is 11.1 Å². The highest BCUT2D eigenvalue weighted by Crippen LogP contribution is 2.31. The molecule has 0 aliphatic heterocycles. The fraction of sp³-hybridized carbons (Fsp3) is 0. The largest absolute Gasteiger partial charge is 0.436 e. The van der Waals surface area contributed by atoms with Crippen molar-refractivity contribution in [1.29, 1.82) is 0 Å². The molecule has 2 heterocycles.